The van der Waals surface area contributed by atoms with Crippen molar-refractivity contribution in [2.24, 2.45) is 5.92 Å². The molecule has 1 aromatic rings. The van der Waals surface area contributed by atoms with Crippen LogP contribution in [0.4, 0.5) is 26.3 Å². The number of benzene rings is 1. The lowest BCUT2D eigenvalue weighted by Crippen LogP contribution is -2.48. The molecule has 0 saturated heterocycles. The van der Waals surface area contributed by atoms with Crippen LogP contribution < -0.4 is 5.32 Å². The SMILES string of the molecule is COC(=O)[C@H](NC(=O)Cc1cc(C(F)(F)F)cc(C(F)(F)F)c1)[C@H]1CCCC(=O)C1. The molecule has 0 bridgehead atoms. The van der Waals surface area contributed by atoms with Gasteiger partial charge in [-0.3, -0.25) is 9.59 Å². The van der Waals surface area contributed by atoms with Gasteiger partial charge in [-0.25, -0.2) is 4.79 Å². The predicted octanol–water partition coefficient (Wildman–Crippen LogP) is 3.68. The number of rotatable bonds is 5. The Morgan fingerprint density at radius 1 is 1.10 bits per heavy atom. The van der Waals surface area contributed by atoms with E-state index in [0.717, 1.165) is 7.11 Å². The average Bonchev–Trinajstić information content (AvgIpc) is 2.63. The van der Waals surface area contributed by atoms with E-state index in [2.05, 4.69) is 10.1 Å². The Hall–Kier alpha value is -2.59. The summed E-state index contributed by atoms with van der Waals surface area (Å²) in [6.45, 7) is 0. The molecule has 0 aliphatic heterocycles. The van der Waals surface area contributed by atoms with Gasteiger partial charge in [0, 0.05) is 12.8 Å². The first-order valence-corrected chi connectivity index (χ1v) is 8.98. The Morgan fingerprint density at radius 3 is 2.13 bits per heavy atom. The van der Waals surface area contributed by atoms with E-state index in [4.69, 9.17) is 0 Å². The summed E-state index contributed by atoms with van der Waals surface area (Å²) < 4.78 is 82.3. The van der Waals surface area contributed by atoms with E-state index in [1.165, 1.54) is 0 Å². The van der Waals surface area contributed by atoms with E-state index in [-0.39, 0.29) is 18.3 Å². The summed E-state index contributed by atoms with van der Waals surface area (Å²) in [4.78, 5) is 36.0. The van der Waals surface area contributed by atoms with Crippen molar-refractivity contribution in [3.05, 3.63) is 34.9 Å². The molecule has 11 heteroatoms. The highest BCUT2D eigenvalue weighted by Crippen LogP contribution is 2.36. The second-order valence-electron chi connectivity index (χ2n) is 7.05. The quantitative estimate of drug-likeness (QED) is 0.561. The molecule has 0 unspecified atom stereocenters. The van der Waals surface area contributed by atoms with Gasteiger partial charge in [0.15, 0.2) is 0 Å². The molecule has 0 radical (unpaired) electrons. The number of carbonyl (C=O) groups excluding carboxylic acids is 3. The molecule has 1 N–H and O–H groups in total. The molecule has 2 atom stereocenters. The van der Waals surface area contributed by atoms with Gasteiger partial charge in [-0.1, -0.05) is 0 Å². The molecule has 0 spiro atoms. The first-order valence-electron chi connectivity index (χ1n) is 8.98. The lowest BCUT2D eigenvalue weighted by molar-refractivity contribution is -0.147. The largest absolute Gasteiger partial charge is 0.467 e. The Labute approximate surface area is 167 Å². The smallest absolute Gasteiger partial charge is 0.416 e. The molecule has 1 saturated carbocycles. The van der Waals surface area contributed by atoms with Crippen molar-refractivity contribution in [2.45, 2.75) is 50.5 Å². The van der Waals surface area contributed by atoms with Crippen molar-refractivity contribution in [2.75, 3.05) is 7.11 Å². The maximum Gasteiger partial charge on any atom is 0.416 e. The lowest BCUT2D eigenvalue weighted by Gasteiger charge is -2.28. The Bertz CT molecular complexity index is 786. The van der Waals surface area contributed by atoms with Crippen LogP contribution in [-0.4, -0.2) is 30.8 Å². The van der Waals surface area contributed by atoms with Crippen molar-refractivity contribution in [3.63, 3.8) is 0 Å². The molecule has 0 aromatic heterocycles. The number of Topliss-reactive ketones (excluding diaryl/α,β-unsaturated/α-hetero) is 1. The first-order chi connectivity index (χ1) is 13.8. The third-order valence-corrected chi connectivity index (χ3v) is 4.78. The number of ether oxygens (including phenoxy) is 1. The Morgan fingerprint density at radius 2 is 1.67 bits per heavy atom. The summed E-state index contributed by atoms with van der Waals surface area (Å²) in [5, 5.41) is 2.29. The standard InChI is InChI=1S/C19H19F6NO4/c1-30-17(29)16(11-3-2-4-14(27)8-11)26-15(28)7-10-5-12(18(20,21)22)9-13(6-10)19(23,24)25/h5-6,9,11,16H,2-4,7-8H2,1H3,(H,26,28)/t11-,16+/m0/s1. The molecule has 0 heterocycles. The zero-order chi connectivity index (χ0) is 22.7. The van der Waals surface area contributed by atoms with Gasteiger partial charge in [0.25, 0.3) is 0 Å². The Balaban J connectivity index is 2.24. The number of alkyl halides is 6. The van der Waals surface area contributed by atoms with E-state index in [1.54, 1.807) is 0 Å². The molecule has 1 aromatic carbocycles. The van der Waals surface area contributed by atoms with Crippen molar-refractivity contribution < 1.29 is 45.5 Å². The van der Waals surface area contributed by atoms with Crippen LogP contribution in [0.5, 0.6) is 0 Å². The normalized spacial score (nSPS) is 18.6. The molecule has 1 amide bonds. The number of hydrogen-bond acceptors (Lipinski definition) is 4. The fraction of sp³-hybridized carbons (Fsp3) is 0.526. The van der Waals surface area contributed by atoms with Gasteiger partial charge in [-0.05, 0) is 42.5 Å². The molecule has 1 aliphatic rings. The van der Waals surface area contributed by atoms with Crippen molar-refractivity contribution in [3.8, 4) is 0 Å². The highest BCUT2D eigenvalue weighted by atomic mass is 19.4. The third-order valence-electron chi connectivity index (χ3n) is 4.78. The topological polar surface area (TPSA) is 72.5 Å². The molecule has 5 nitrogen and oxygen atoms in total. The second kappa shape index (κ2) is 9.05. The number of methoxy groups -OCH3 is 1. The van der Waals surface area contributed by atoms with Gasteiger partial charge in [0.2, 0.25) is 5.91 Å². The average molecular weight is 439 g/mol. The number of hydrogen-bond donors (Lipinski definition) is 1. The van der Waals surface area contributed by atoms with Crippen molar-refractivity contribution in [1.82, 2.24) is 5.32 Å². The van der Waals surface area contributed by atoms with E-state index < -0.39 is 59.3 Å². The number of amides is 1. The van der Waals surface area contributed by atoms with Crippen LogP contribution in [0, 0.1) is 5.92 Å². The number of halogens is 6. The van der Waals surface area contributed by atoms with Crippen LogP contribution in [0.1, 0.15) is 42.4 Å². The number of carbonyl (C=O) groups is 3. The van der Waals surface area contributed by atoms with Gasteiger partial charge in [0.05, 0.1) is 24.7 Å². The number of nitrogens with one attached hydrogen (secondary N) is 1. The van der Waals surface area contributed by atoms with Crippen LogP contribution in [0.3, 0.4) is 0 Å². The third kappa shape index (κ3) is 6.20. The van der Waals surface area contributed by atoms with Crippen molar-refractivity contribution in [1.29, 1.82) is 0 Å². The van der Waals surface area contributed by atoms with Crippen LogP contribution in [0.15, 0.2) is 18.2 Å². The van der Waals surface area contributed by atoms with E-state index in [9.17, 15) is 40.7 Å². The summed E-state index contributed by atoms with van der Waals surface area (Å²) in [6.07, 6.45) is -9.61. The Kier molecular flexibility index (Phi) is 7.14. The molecule has 1 fully saturated rings. The van der Waals surface area contributed by atoms with Gasteiger partial charge >= 0.3 is 18.3 Å². The summed E-state index contributed by atoms with van der Waals surface area (Å²) in [5.74, 6) is -2.48. The first kappa shape index (κ1) is 23.7. The minimum Gasteiger partial charge on any atom is -0.467 e. The van der Waals surface area contributed by atoms with E-state index in [0.29, 0.717) is 31.4 Å². The van der Waals surface area contributed by atoms with Gasteiger partial charge in [0.1, 0.15) is 11.8 Å². The monoisotopic (exact) mass is 439 g/mol. The summed E-state index contributed by atoms with van der Waals surface area (Å²) in [5.41, 5.74) is -3.59. The van der Waals surface area contributed by atoms with Crippen LogP contribution >= 0.6 is 0 Å². The highest BCUT2D eigenvalue weighted by Gasteiger charge is 2.38. The summed E-state index contributed by atoms with van der Waals surface area (Å²) in [7, 11) is 1.06. The fourth-order valence-corrected chi connectivity index (χ4v) is 3.37. The minimum absolute atomic E-state index is 0.0157. The van der Waals surface area contributed by atoms with Crippen LogP contribution in [-0.2, 0) is 37.9 Å². The molecule has 30 heavy (non-hydrogen) atoms. The fourth-order valence-electron chi connectivity index (χ4n) is 3.37. The summed E-state index contributed by atoms with van der Waals surface area (Å²) in [6, 6.07) is -0.357. The predicted molar refractivity (Wildman–Crippen MR) is 91.1 cm³/mol. The second-order valence-corrected chi connectivity index (χ2v) is 7.05. The maximum atomic E-state index is 13.0. The van der Waals surface area contributed by atoms with Crippen LogP contribution in [0.2, 0.25) is 0 Å². The summed E-state index contributed by atoms with van der Waals surface area (Å²) >= 11 is 0. The zero-order valence-electron chi connectivity index (χ0n) is 15.8. The number of ketones is 1. The lowest BCUT2D eigenvalue weighted by atomic mass is 9.83. The van der Waals surface area contributed by atoms with E-state index in [1.807, 2.05) is 0 Å². The van der Waals surface area contributed by atoms with Gasteiger partial charge in [-0.15, -0.1) is 0 Å². The van der Waals surface area contributed by atoms with Gasteiger partial charge < -0.3 is 10.1 Å². The molecule has 2 rings (SSSR count). The molecule has 166 valence electrons. The van der Waals surface area contributed by atoms with E-state index >= 15 is 0 Å². The van der Waals surface area contributed by atoms with Crippen LogP contribution in [0.25, 0.3) is 0 Å². The zero-order valence-corrected chi connectivity index (χ0v) is 15.8. The molecular formula is C19H19F6NO4. The van der Waals surface area contributed by atoms with Crippen molar-refractivity contribution >= 4 is 17.7 Å². The highest BCUT2D eigenvalue weighted by molar-refractivity contribution is 5.87. The maximum absolute atomic E-state index is 13.0. The molecule has 1 aliphatic carbocycles. The minimum atomic E-state index is -5.04. The van der Waals surface area contributed by atoms with Gasteiger partial charge in [-0.2, -0.15) is 26.3 Å². The number of esters is 1. The molecular weight excluding hydrogens is 420 g/mol.